The van der Waals surface area contributed by atoms with Gasteiger partial charge in [-0.05, 0) is 31.9 Å². The van der Waals surface area contributed by atoms with E-state index in [2.05, 4.69) is 9.97 Å². The molecule has 0 amide bonds. The van der Waals surface area contributed by atoms with E-state index in [-0.39, 0.29) is 5.92 Å². The van der Waals surface area contributed by atoms with Crippen molar-refractivity contribution in [3.05, 3.63) is 35.9 Å². The van der Waals surface area contributed by atoms with E-state index in [9.17, 15) is 9.90 Å². The van der Waals surface area contributed by atoms with E-state index in [0.29, 0.717) is 30.0 Å². The van der Waals surface area contributed by atoms with Crippen LogP contribution >= 0.6 is 0 Å². The van der Waals surface area contributed by atoms with Gasteiger partial charge < -0.3 is 9.52 Å². The van der Waals surface area contributed by atoms with E-state index in [1.54, 1.807) is 0 Å². The molecule has 0 spiro atoms. The molecule has 1 N–H and O–H groups in total. The van der Waals surface area contributed by atoms with Crippen LogP contribution in [0.5, 0.6) is 0 Å². The number of aromatic nitrogens is 2. The zero-order chi connectivity index (χ0) is 13.4. The van der Waals surface area contributed by atoms with Crippen LogP contribution in [0.25, 0.3) is 11.2 Å². The van der Waals surface area contributed by atoms with Gasteiger partial charge in [0.15, 0.2) is 11.2 Å². The zero-order valence-electron chi connectivity index (χ0n) is 10.5. The molecule has 19 heavy (non-hydrogen) atoms. The lowest BCUT2D eigenvalue weighted by Gasteiger charge is -2.21. The average molecular weight is 258 g/mol. The lowest BCUT2D eigenvalue weighted by atomic mass is 9.83. The summed E-state index contributed by atoms with van der Waals surface area (Å²) in [4.78, 5) is 19.9. The fourth-order valence-electron chi connectivity index (χ4n) is 2.45. The summed E-state index contributed by atoms with van der Waals surface area (Å²) in [6.07, 6.45) is 5.05. The van der Waals surface area contributed by atoms with Crippen LogP contribution in [0, 0.1) is 12.8 Å². The predicted molar refractivity (Wildman–Crippen MR) is 68.8 cm³/mol. The number of carboxylic acids is 1. The van der Waals surface area contributed by atoms with E-state index in [0.717, 1.165) is 5.69 Å². The van der Waals surface area contributed by atoms with Crippen molar-refractivity contribution in [2.45, 2.75) is 25.7 Å². The molecule has 2 heterocycles. The van der Waals surface area contributed by atoms with Crippen molar-refractivity contribution < 1.29 is 14.3 Å². The molecule has 0 fully saturated rings. The topological polar surface area (TPSA) is 76.2 Å². The Kier molecular flexibility index (Phi) is 2.81. The molecule has 0 saturated heterocycles. The van der Waals surface area contributed by atoms with Crippen molar-refractivity contribution in [1.29, 1.82) is 0 Å². The van der Waals surface area contributed by atoms with Crippen molar-refractivity contribution in [2.75, 3.05) is 0 Å². The lowest BCUT2D eigenvalue weighted by molar-refractivity contribution is -0.142. The van der Waals surface area contributed by atoms with Crippen molar-refractivity contribution in [3.8, 4) is 0 Å². The Balaban J connectivity index is 2.02. The van der Waals surface area contributed by atoms with Gasteiger partial charge in [0, 0.05) is 5.69 Å². The second-order valence-electron chi connectivity index (χ2n) is 4.82. The number of hydrogen-bond acceptors (Lipinski definition) is 4. The van der Waals surface area contributed by atoms with Gasteiger partial charge in [0.25, 0.3) is 0 Å². The second-order valence-corrected chi connectivity index (χ2v) is 4.82. The minimum Gasteiger partial charge on any atom is -0.481 e. The number of nitrogens with zero attached hydrogens (tertiary/aromatic N) is 2. The summed E-state index contributed by atoms with van der Waals surface area (Å²) in [6, 6.07) is 3.68. The van der Waals surface area contributed by atoms with Crippen LogP contribution in [0.4, 0.5) is 0 Å². The largest absolute Gasteiger partial charge is 0.481 e. The summed E-state index contributed by atoms with van der Waals surface area (Å²) < 4.78 is 5.67. The van der Waals surface area contributed by atoms with Gasteiger partial charge in [0.05, 0.1) is 11.8 Å². The maximum absolute atomic E-state index is 11.3. The number of carbonyl (C=O) groups is 1. The summed E-state index contributed by atoms with van der Waals surface area (Å²) in [7, 11) is 0. The molecular formula is C14H14N2O3. The van der Waals surface area contributed by atoms with Crippen LogP contribution in [0.15, 0.2) is 28.7 Å². The van der Waals surface area contributed by atoms with Gasteiger partial charge in [-0.25, -0.2) is 4.98 Å². The molecule has 5 heteroatoms. The number of aryl methyl sites for hydroxylation is 1. The molecule has 98 valence electrons. The number of rotatable bonds is 2. The van der Waals surface area contributed by atoms with E-state index in [1.807, 2.05) is 31.2 Å². The molecule has 3 rings (SSSR count). The van der Waals surface area contributed by atoms with Gasteiger partial charge in [-0.15, -0.1) is 0 Å². The van der Waals surface area contributed by atoms with E-state index in [4.69, 9.17) is 4.42 Å². The molecule has 2 aromatic heterocycles. The highest BCUT2D eigenvalue weighted by atomic mass is 16.4. The number of allylic oxidation sites excluding steroid dienone is 2. The fraction of sp³-hybridized carbons (Fsp3) is 0.357. The monoisotopic (exact) mass is 258 g/mol. The molecule has 1 aliphatic carbocycles. The summed E-state index contributed by atoms with van der Waals surface area (Å²) >= 11 is 0. The third kappa shape index (κ3) is 2.12. The number of aliphatic carboxylic acids is 1. The molecule has 2 unspecified atom stereocenters. The SMILES string of the molecule is Cc1ccc2oc(C3CC=CCC3C(=O)O)nc2n1. The highest BCUT2D eigenvalue weighted by Crippen LogP contribution is 2.35. The van der Waals surface area contributed by atoms with Gasteiger partial charge >= 0.3 is 5.97 Å². The molecule has 2 atom stereocenters. The summed E-state index contributed by atoms with van der Waals surface area (Å²) in [5.41, 5.74) is 2.03. The predicted octanol–water partition coefficient (Wildman–Crippen LogP) is 2.67. The van der Waals surface area contributed by atoms with Crippen molar-refractivity contribution in [1.82, 2.24) is 9.97 Å². The maximum Gasteiger partial charge on any atom is 0.307 e. The molecule has 0 saturated carbocycles. The highest BCUT2D eigenvalue weighted by molar-refractivity contribution is 5.72. The van der Waals surface area contributed by atoms with Gasteiger partial charge in [-0.1, -0.05) is 12.2 Å². The number of carboxylic acid groups (broad SMARTS) is 1. The first-order chi connectivity index (χ1) is 9.15. The number of hydrogen-bond donors (Lipinski definition) is 1. The lowest BCUT2D eigenvalue weighted by Crippen LogP contribution is -2.23. The zero-order valence-corrected chi connectivity index (χ0v) is 10.5. The second kappa shape index (κ2) is 4.50. The minimum atomic E-state index is -0.805. The van der Waals surface area contributed by atoms with Crippen LogP contribution in [-0.2, 0) is 4.79 Å². The maximum atomic E-state index is 11.3. The van der Waals surface area contributed by atoms with Crippen LogP contribution in [-0.4, -0.2) is 21.0 Å². The molecule has 0 aliphatic heterocycles. The molecule has 2 aromatic rings. The quantitative estimate of drug-likeness (QED) is 0.838. The van der Waals surface area contributed by atoms with Gasteiger partial charge in [0.2, 0.25) is 5.89 Å². The Morgan fingerprint density at radius 2 is 2.11 bits per heavy atom. The Labute approximate surface area is 110 Å². The van der Waals surface area contributed by atoms with Crippen LogP contribution < -0.4 is 0 Å². The number of pyridine rings is 1. The first-order valence-corrected chi connectivity index (χ1v) is 6.27. The highest BCUT2D eigenvalue weighted by Gasteiger charge is 2.33. The van der Waals surface area contributed by atoms with Crippen LogP contribution in [0.1, 0.15) is 30.3 Å². The Bertz CT molecular complexity index is 660. The van der Waals surface area contributed by atoms with E-state index >= 15 is 0 Å². The van der Waals surface area contributed by atoms with E-state index < -0.39 is 11.9 Å². The molecule has 0 radical (unpaired) electrons. The minimum absolute atomic E-state index is 0.211. The van der Waals surface area contributed by atoms with Crippen molar-refractivity contribution in [2.24, 2.45) is 5.92 Å². The van der Waals surface area contributed by atoms with E-state index in [1.165, 1.54) is 0 Å². The first kappa shape index (κ1) is 11.9. The molecule has 5 nitrogen and oxygen atoms in total. The standard InChI is InChI=1S/C14H14N2O3/c1-8-6-7-11-12(15-8)16-13(19-11)9-4-2-3-5-10(9)14(17)18/h2-3,6-7,9-10H,4-5H2,1H3,(H,17,18). The smallest absolute Gasteiger partial charge is 0.307 e. The first-order valence-electron chi connectivity index (χ1n) is 6.27. The third-order valence-corrected chi connectivity index (χ3v) is 3.48. The molecule has 0 aromatic carbocycles. The summed E-state index contributed by atoms with van der Waals surface area (Å²) in [5.74, 6) is -1.01. The molecular weight excluding hydrogens is 244 g/mol. The Morgan fingerprint density at radius 3 is 2.89 bits per heavy atom. The molecule has 0 bridgehead atoms. The van der Waals surface area contributed by atoms with Gasteiger partial charge in [-0.2, -0.15) is 4.98 Å². The van der Waals surface area contributed by atoms with Gasteiger partial charge in [-0.3, -0.25) is 4.79 Å². The van der Waals surface area contributed by atoms with Crippen LogP contribution in [0.3, 0.4) is 0 Å². The third-order valence-electron chi connectivity index (χ3n) is 3.48. The summed E-state index contributed by atoms with van der Waals surface area (Å²) in [6.45, 7) is 1.89. The number of oxazole rings is 1. The molecule has 1 aliphatic rings. The van der Waals surface area contributed by atoms with Gasteiger partial charge in [0.1, 0.15) is 0 Å². The average Bonchev–Trinajstić information content (AvgIpc) is 2.81. The number of fused-ring (bicyclic) bond motifs is 1. The normalized spacial score (nSPS) is 22.8. The fourth-order valence-corrected chi connectivity index (χ4v) is 2.45. The summed E-state index contributed by atoms with van der Waals surface area (Å²) in [5, 5.41) is 9.27. The Morgan fingerprint density at radius 1 is 1.32 bits per heavy atom. The Hall–Kier alpha value is -2.17. The van der Waals surface area contributed by atoms with Crippen molar-refractivity contribution >= 4 is 17.2 Å². The van der Waals surface area contributed by atoms with Crippen molar-refractivity contribution in [3.63, 3.8) is 0 Å². The van der Waals surface area contributed by atoms with Crippen LogP contribution in [0.2, 0.25) is 0 Å².